The molecule has 0 radical (unpaired) electrons. The Kier molecular flexibility index (Phi) is 9.78. The van der Waals surface area contributed by atoms with Crippen molar-refractivity contribution >= 4 is 54.8 Å². The van der Waals surface area contributed by atoms with Crippen LogP contribution in [-0.2, 0) is 30.3 Å². The molecule has 0 aromatic heterocycles. The van der Waals surface area contributed by atoms with Crippen LogP contribution in [-0.4, -0.2) is 16.1 Å². The molecule has 8 rings (SSSR count). The zero-order chi connectivity index (χ0) is 39.6. The van der Waals surface area contributed by atoms with Crippen LogP contribution in [0.2, 0.25) is 39.3 Å². The van der Waals surface area contributed by atoms with Crippen molar-refractivity contribution in [2.24, 2.45) is 0 Å². The van der Waals surface area contributed by atoms with E-state index in [1.807, 2.05) is 0 Å². The Balaban J connectivity index is 1.44. The first kappa shape index (κ1) is 38.2. The van der Waals surface area contributed by atoms with Crippen molar-refractivity contribution in [1.82, 2.24) is 0 Å². The lowest BCUT2D eigenvalue weighted by Crippen LogP contribution is -2.63. The van der Waals surface area contributed by atoms with E-state index >= 15 is 0 Å². The van der Waals surface area contributed by atoms with Crippen LogP contribution in [0.25, 0.3) is 43.8 Å². The number of aryl methyl sites for hydroxylation is 4. The third-order valence-electron chi connectivity index (χ3n) is 13.1. The molecule has 0 bridgehead atoms. The molecule has 1 nitrogen and oxygen atoms in total. The Morgan fingerprint density at radius 1 is 0.429 bits per heavy atom. The van der Waals surface area contributed by atoms with Crippen LogP contribution >= 0.6 is 0 Å². The van der Waals surface area contributed by atoms with E-state index in [4.69, 9.17) is 0 Å². The molecular weight excluding hydrogens is 707 g/mol. The van der Waals surface area contributed by atoms with Gasteiger partial charge >= 0.3 is 0 Å². The zero-order valence-electron chi connectivity index (χ0n) is 35.4. The first-order valence-corrected chi connectivity index (χ1v) is 28.1. The Hall–Kier alpha value is -4.71. The molecule has 284 valence electrons. The van der Waals surface area contributed by atoms with Gasteiger partial charge in [0.25, 0.3) is 0 Å². The summed E-state index contributed by atoms with van der Waals surface area (Å²) >= 11 is 0. The molecule has 7 aromatic carbocycles. The molecule has 1 aliphatic carbocycles. The van der Waals surface area contributed by atoms with E-state index < -0.39 is 16.1 Å². The molecular formula is C53H59NSi2. The number of fused-ring (bicyclic) bond motifs is 6. The molecule has 0 aliphatic heterocycles. The Morgan fingerprint density at radius 3 is 1.52 bits per heavy atom. The van der Waals surface area contributed by atoms with Gasteiger partial charge in [0.05, 0.1) is 16.1 Å². The van der Waals surface area contributed by atoms with Crippen LogP contribution < -0.4 is 4.90 Å². The number of benzene rings is 7. The number of hydrogen-bond donors (Lipinski definition) is 0. The normalized spacial score (nSPS) is 13.6. The average molecular weight is 766 g/mol. The van der Waals surface area contributed by atoms with Crippen molar-refractivity contribution in [2.45, 2.75) is 97.3 Å². The molecule has 0 saturated carbocycles. The van der Waals surface area contributed by atoms with E-state index in [1.165, 1.54) is 83.1 Å². The Bertz CT molecular complexity index is 2550. The molecule has 0 saturated heterocycles. The summed E-state index contributed by atoms with van der Waals surface area (Å²) in [7, 11) is -3.99. The second-order valence-corrected chi connectivity index (χ2v) is 29.1. The fourth-order valence-corrected chi connectivity index (χ4v) is 24.0. The summed E-state index contributed by atoms with van der Waals surface area (Å²) in [5.41, 5.74) is 18.2. The molecule has 0 atom stereocenters. The maximum atomic E-state index is 2.66. The molecule has 0 spiro atoms. The SMILES string of the molecule is CCc1ccc(N(c2ccc(CC)c(CC)c2)c2ccc3c(c2)C([Si](C)(C)C)([Si](C)(C)C)c2cc(-c4ccc5ccccc5c4)c4ccccc4c2-3)cc1CC. The quantitative estimate of drug-likeness (QED) is 0.125. The summed E-state index contributed by atoms with van der Waals surface area (Å²) in [5.74, 6) is 0. The van der Waals surface area contributed by atoms with E-state index in [1.54, 1.807) is 11.1 Å². The fraction of sp³-hybridized carbons (Fsp3) is 0.283. The molecule has 0 unspecified atom stereocenters. The maximum Gasteiger partial charge on any atom is 0.0579 e. The predicted octanol–water partition coefficient (Wildman–Crippen LogP) is 15.4. The predicted molar refractivity (Wildman–Crippen MR) is 252 cm³/mol. The highest BCUT2D eigenvalue weighted by atomic mass is 28.4. The number of anilines is 3. The summed E-state index contributed by atoms with van der Waals surface area (Å²) in [5, 5.41) is 5.30. The van der Waals surface area contributed by atoms with Crippen molar-refractivity contribution in [3.8, 4) is 22.3 Å². The van der Waals surface area contributed by atoms with Gasteiger partial charge < -0.3 is 4.90 Å². The minimum Gasteiger partial charge on any atom is -0.310 e. The van der Waals surface area contributed by atoms with E-state index in [-0.39, 0.29) is 4.66 Å². The molecule has 56 heavy (non-hydrogen) atoms. The van der Waals surface area contributed by atoms with Crippen molar-refractivity contribution in [2.75, 3.05) is 4.90 Å². The van der Waals surface area contributed by atoms with Crippen LogP contribution in [0, 0.1) is 0 Å². The van der Waals surface area contributed by atoms with Gasteiger partial charge in [-0.05, 0) is 151 Å². The van der Waals surface area contributed by atoms with Gasteiger partial charge in [0.1, 0.15) is 0 Å². The molecule has 1 aliphatic rings. The maximum absolute atomic E-state index is 2.66. The first-order chi connectivity index (χ1) is 26.9. The van der Waals surface area contributed by atoms with Crippen molar-refractivity contribution in [3.63, 3.8) is 0 Å². The third kappa shape index (κ3) is 5.93. The van der Waals surface area contributed by atoms with Crippen LogP contribution in [0.5, 0.6) is 0 Å². The largest absolute Gasteiger partial charge is 0.310 e. The van der Waals surface area contributed by atoms with Crippen LogP contribution in [0.3, 0.4) is 0 Å². The van der Waals surface area contributed by atoms with Gasteiger partial charge in [-0.2, -0.15) is 0 Å². The topological polar surface area (TPSA) is 3.24 Å². The van der Waals surface area contributed by atoms with Crippen molar-refractivity contribution in [3.05, 3.63) is 161 Å². The molecule has 7 aromatic rings. The second-order valence-electron chi connectivity index (χ2n) is 18.1. The van der Waals surface area contributed by atoms with Gasteiger partial charge in [-0.25, -0.2) is 0 Å². The van der Waals surface area contributed by atoms with E-state index in [9.17, 15) is 0 Å². The second kappa shape index (κ2) is 14.3. The molecule has 3 heteroatoms. The van der Waals surface area contributed by atoms with Crippen molar-refractivity contribution < 1.29 is 0 Å². The lowest BCUT2D eigenvalue weighted by molar-refractivity contribution is 0.952. The number of hydrogen-bond acceptors (Lipinski definition) is 1. The van der Waals surface area contributed by atoms with Crippen LogP contribution in [0.15, 0.2) is 127 Å². The zero-order valence-corrected chi connectivity index (χ0v) is 37.4. The summed E-state index contributed by atoms with van der Waals surface area (Å²) < 4.78 is -0.0245. The molecule has 0 N–H and O–H groups in total. The van der Waals surface area contributed by atoms with Gasteiger partial charge in [-0.1, -0.05) is 146 Å². The van der Waals surface area contributed by atoms with Gasteiger partial charge in [-0.15, -0.1) is 0 Å². The van der Waals surface area contributed by atoms with E-state index in [0.717, 1.165) is 25.7 Å². The minimum absolute atomic E-state index is 0.0245. The van der Waals surface area contributed by atoms with Crippen LogP contribution in [0.4, 0.5) is 17.1 Å². The highest BCUT2D eigenvalue weighted by molar-refractivity contribution is 6.99. The Morgan fingerprint density at radius 2 is 0.946 bits per heavy atom. The van der Waals surface area contributed by atoms with Gasteiger partial charge in [0.2, 0.25) is 0 Å². The summed E-state index contributed by atoms with van der Waals surface area (Å²) in [6.07, 6.45) is 4.16. The highest BCUT2D eigenvalue weighted by Crippen LogP contribution is 2.61. The minimum atomic E-state index is -1.99. The molecule has 0 amide bonds. The standard InChI is InChI=1S/C53H59NSi2/c1-11-36-25-27-43(32-38(36)13-3)54(44-28-26-37(12-2)39(14-4)33-44)45-29-30-48-50(34-45)53(55(5,6)7,56(8,9)10)51-35-49(46-21-17-18-22-47(46)52(48)51)42-24-23-40-19-15-16-20-41(40)31-42/h15-35H,11-14H2,1-10H3. The number of nitrogens with zero attached hydrogens (tertiary/aromatic N) is 1. The summed E-state index contributed by atoms with van der Waals surface area (Å²) in [6.45, 7) is 25.0. The summed E-state index contributed by atoms with van der Waals surface area (Å²) in [6, 6.07) is 49.7. The lowest BCUT2D eigenvalue weighted by Gasteiger charge is -2.51. The van der Waals surface area contributed by atoms with Crippen LogP contribution in [0.1, 0.15) is 61.1 Å². The lowest BCUT2D eigenvalue weighted by atomic mass is 9.90. The van der Waals surface area contributed by atoms with Gasteiger partial charge in [0, 0.05) is 21.7 Å². The number of rotatable bonds is 10. The smallest absolute Gasteiger partial charge is 0.0579 e. The Labute approximate surface area is 338 Å². The van der Waals surface area contributed by atoms with E-state index in [2.05, 4.69) is 199 Å². The molecule has 0 heterocycles. The fourth-order valence-electron chi connectivity index (χ4n) is 10.9. The average Bonchev–Trinajstić information content (AvgIpc) is 3.52. The van der Waals surface area contributed by atoms with Gasteiger partial charge in [-0.3, -0.25) is 0 Å². The highest BCUT2D eigenvalue weighted by Gasteiger charge is 2.59. The van der Waals surface area contributed by atoms with Crippen molar-refractivity contribution in [1.29, 1.82) is 0 Å². The van der Waals surface area contributed by atoms with Gasteiger partial charge in [0.15, 0.2) is 0 Å². The molecule has 0 fully saturated rings. The monoisotopic (exact) mass is 765 g/mol. The first-order valence-electron chi connectivity index (χ1n) is 21.1. The summed E-state index contributed by atoms with van der Waals surface area (Å²) in [4.78, 5) is 2.57. The third-order valence-corrected chi connectivity index (χ3v) is 23.2. The van der Waals surface area contributed by atoms with E-state index in [0.29, 0.717) is 0 Å².